The van der Waals surface area contributed by atoms with E-state index in [4.69, 9.17) is 15.0 Å². The summed E-state index contributed by atoms with van der Waals surface area (Å²) in [6.07, 6.45) is -0.0356. The number of benzene rings is 3. The van der Waals surface area contributed by atoms with Gasteiger partial charge in [-0.1, -0.05) is 0 Å². The first-order valence-electron chi connectivity index (χ1n) is 9.22. The summed E-state index contributed by atoms with van der Waals surface area (Å²) in [5.74, 6) is -0.844. The van der Waals surface area contributed by atoms with Crippen LogP contribution in [0.25, 0.3) is 10.8 Å². The molecule has 0 saturated heterocycles. The van der Waals surface area contributed by atoms with Crippen molar-refractivity contribution in [2.45, 2.75) is 11.3 Å². The summed E-state index contributed by atoms with van der Waals surface area (Å²) in [4.78, 5) is 12.0. The molecule has 0 atom stereocenters. The highest BCUT2D eigenvalue weighted by molar-refractivity contribution is 7.86. The van der Waals surface area contributed by atoms with Crippen LogP contribution in [0.4, 0.5) is 11.4 Å². The molecule has 0 spiro atoms. The van der Waals surface area contributed by atoms with Crippen LogP contribution in [-0.2, 0) is 20.2 Å². The van der Waals surface area contributed by atoms with E-state index >= 15 is 0 Å². The quantitative estimate of drug-likeness (QED) is 0.215. The fraction of sp³-hybridized carbons (Fsp3) is 0.150. The Hall–Kier alpha value is -3.19. The summed E-state index contributed by atoms with van der Waals surface area (Å²) in [5.41, 5.74) is 6.86. The van der Waals surface area contributed by atoms with Gasteiger partial charge in [-0.2, -0.15) is 16.8 Å². The van der Waals surface area contributed by atoms with E-state index < -0.39 is 36.8 Å². The van der Waals surface area contributed by atoms with E-state index in [2.05, 4.69) is 5.32 Å². The number of carbonyl (C=O) groups excluding carboxylic acids is 1. The Morgan fingerprint density at radius 2 is 1.66 bits per heavy atom. The molecule has 1 amide bonds. The summed E-state index contributed by atoms with van der Waals surface area (Å²) in [6, 6.07) is 13.3. The molecule has 0 aromatic heterocycles. The molecular formula is C20H20N2O8S2. The van der Waals surface area contributed by atoms with Crippen molar-refractivity contribution in [1.29, 1.82) is 0 Å². The third kappa shape index (κ3) is 6.17. The molecule has 0 aliphatic rings. The number of rotatable bonds is 8. The molecule has 3 rings (SSSR count). The number of carbonyl (C=O) groups is 1. The van der Waals surface area contributed by atoms with Gasteiger partial charge in [-0.15, -0.1) is 0 Å². The van der Waals surface area contributed by atoms with Gasteiger partial charge < -0.3 is 15.8 Å². The van der Waals surface area contributed by atoms with Crippen molar-refractivity contribution in [3.05, 3.63) is 60.2 Å². The minimum absolute atomic E-state index is 0.0356. The molecule has 10 nitrogen and oxygen atoms in total. The minimum atomic E-state index is -4.57. The second-order valence-electron chi connectivity index (χ2n) is 6.90. The van der Waals surface area contributed by atoms with Crippen LogP contribution >= 0.6 is 0 Å². The summed E-state index contributed by atoms with van der Waals surface area (Å²) in [5, 5.41) is 3.50. The van der Waals surface area contributed by atoms with Gasteiger partial charge in [0.2, 0.25) is 0 Å². The van der Waals surface area contributed by atoms with Crippen molar-refractivity contribution in [2.24, 2.45) is 0 Å². The first kappa shape index (κ1) is 23.5. The van der Waals surface area contributed by atoms with Gasteiger partial charge in [0.1, 0.15) is 5.75 Å². The number of nitrogens with two attached hydrogens (primary N) is 1. The average Bonchev–Trinajstić information content (AvgIpc) is 2.69. The van der Waals surface area contributed by atoms with Crippen molar-refractivity contribution >= 4 is 48.3 Å². The maximum absolute atomic E-state index is 12.4. The molecule has 170 valence electrons. The Balaban J connectivity index is 1.91. The molecule has 12 heteroatoms. The molecule has 3 aromatic rings. The predicted molar refractivity (Wildman–Crippen MR) is 119 cm³/mol. The van der Waals surface area contributed by atoms with E-state index in [0.29, 0.717) is 27.7 Å². The number of nitrogens with one attached hydrogen (secondary N) is 1. The number of nitrogen functional groups attached to an aromatic ring is 1. The second kappa shape index (κ2) is 9.12. The Labute approximate surface area is 184 Å². The molecule has 3 aromatic carbocycles. The lowest BCUT2D eigenvalue weighted by molar-refractivity contribution is 0.102. The average molecular weight is 481 g/mol. The number of anilines is 2. The highest BCUT2D eigenvalue weighted by Crippen LogP contribution is 2.32. The third-order valence-electron chi connectivity index (χ3n) is 4.42. The van der Waals surface area contributed by atoms with E-state index in [9.17, 15) is 26.2 Å². The molecule has 0 aliphatic carbocycles. The molecule has 0 aliphatic heterocycles. The van der Waals surface area contributed by atoms with Crippen molar-refractivity contribution in [3.8, 4) is 5.75 Å². The van der Waals surface area contributed by atoms with Gasteiger partial charge in [0.15, 0.2) is 0 Å². The van der Waals surface area contributed by atoms with E-state index in [0.717, 1.165) is 6.07 Å². The van der Waals surface area contributed by atoms with Gasteiger partial charge in [-0.25, -0.2) is 0 Å². The summed E-state index contributed by atoms with van der Waals surface area (Å²) in [6.45, 7) is -0.126. The summed E-state index contributed by atoms with van der Waals surface area (Å²) in [7, 11) is -8.73. The topological polar surface area (TPSA) is 173 Å². The zero-order valence-corrected chi connectivity index (χ0v) is 18.2. The Morgan fingerprint density at radius 3 is 2.28 bits per heavy atom. The van der Waals surface area contributed by atoms with Crippen LogP contribution in [0.5, 0.6) is 5.75 Å². The van der Waals surface area contributed by atoms with Crippen LogP contribution in [0.3, 0.4) is 0 Å². The SMILES string of the molecule is Nc1ccc(C(=O)Nc2ccc3c(OCCCS(=O)(=O)O)cc(S(=O)(=O)O)cc3c2)cc1. The largest absolute Gasteiger partial charge is 0.493 e. The van der Waals surface area contributed by atoms with Crippen LogP contribution in [-0.4, -0.2) is 44.2 Å². The van der Waals surface area contributed by atoms with Crippen molar-refractivity contribution in [1.82, 2.24) is 0 Å². The number of hydrogen-bond donors (Lipinski definition) is 4. The fourth-order valence-electron chi connectivity index (χ4n) is 2.92. The van der Waals surface area contributed by atoms with E-state index in [1.54, 1.807) is 36.4 Å². The Bertz CT molecular complexity index is 1370. The minimum Gasteiger partial charge on any atom is -0.493 e. The number of hydrogen-bond acceptors (Lipinski definition) is 7. The van der Waals surface area contributed by atoms with Gasteiger partial charge in [0.25, 0.3) is 26.1 Å². The lowest BCUT2D eigenvalue weighted by atomic mass is 10.1. The van der Waals surface area contributed by atoms with Crippen LogP contribution in [0, 0.1) is 0 Å². The van der Waals surface area contributed by atoms with Crippen LogP contribution < -0.4 is 15.8 Å². The first-order chi connectivity index (χ1) is 14.9. The van der Waals surface area contributed by atoms with Crippen molar-refractivity contribution < 1.29 is 35.5 Å². The van der Waals surface area contributed by atoms with Gasteiger partial charge >= 0.3 is 0 Å². The molecule has 0 bridgehead atoms. The van der Waals surface area contributed by atoms with E-state index in [1.807, 2.05) is 0 Å². The van der Waals surface area contributed by atoms with Gasteiger partial charge in [0.05, 0.1) is 17.3 Å². The summed E-state index contributed by atoms with van der Waals surface area (Å²) >= 11 is 0. The highest BCUT2D eigenvalue weighted by atomic mass is 32.2. The Kier molecular flexibility index (Phi) is 6.69. The second-order valence-corrected chi connectivity index (χ2v) is 9.89. The zero-order chi connectivity index (χ0) is 23.5. The molecule has 0 radical (unpaired) electrons. The highest BCUT2D eigenvalue weighted by Gasteiger charge is 2.16. The molecule has 0 saturated carbocycles. The standard InChI is InChI=1S/C20H20N2O8S2/c21-15-4-2-13(3-5-15)20(23)22-16-6-7-18-14(10-16)11-17(32(27,28)29)12-19(18)30-8-1-9-31(24,25)26/h2-7,10-12H,1,8-9,21H2,(H,22,23)(H,24,25,26)(H,27,28,29). The lowest BCUT2D eigenvalue weighted by Gasteiger charge is -2.13. The van der Waals surface area contributed by atoms with Crippen molar-refractivity contribution in [3.63, 3.8) is 0 Å². The normalized spacial score (nSPS) is 11.9. The molecule has 0 fully saturated rings. The third-order valence-corrected chi connectivity index (χ3v) is 6.06. The monoisotopic (exact) mass is 480 g/mol. The van der Waals surface area contributed by atoms with Gasteiger partial charge in [-0.3, -0.25) is 13.9 Å². The van der Waals surface area contributed by atoms with Crippen LogP contribution in [0.15, 0.2) is 59.5 Å². The van der Waals surface area contributed by atoms with E-state index in [-0.39, 0.29) is 18.8 Å². The van der Waals surface area contributed by atoms with E-state index in [1.165, 1.54) is 12.1 Å². The van der Waals surface area contributed by atoms with Crippen LogP contribution in [0.1, 0.15) is 16.8 Å². The number of ether oxygens (including phenoxy) is 1. The lowest BCUT2D eigenvalue weighted by Crippen LogP contribution is -2.12. The van der Waals surface area contributed by atoms with Crippen LogP contribution in [0.2, 0.25) is 0 Å². The van der Waals surface area contributed by atoms with Crippen molar-refractivity contribution in [2.75, 3.05) is 23.4 Å². The number of fused-ring (bicyclic) bond motifs is 1. The molecule has 32 heavy (non-hydrogen) atoms. The maximum Gasteiger partial charge on any atom is 0.294 e. The summed E-state index contributed by atoms with van der Waals surface area (Å²) < 4.78 is 68.8. The maximum atomic E-state index is 12.4. The first-order valence-corrected chi connectivity index (χ1v) is 12.3. The zero-order valence-electron chi connectivity index (χ0n) is 16.6. The molecular weight excluding hydrogens is 460 g/mol. The smallest absolute Gasteiger partial charge is 0.294 e. The Morgan fingerprint density at radius 1 is 0.969 bits per heavy atom. The van der Waals surface area contributed by atoms with Gasteiger partial charge in [0, 0.05) is 28.4 Å². The molecule has 5 N–H and O–H groups in total. The van der Waals surface area contributed by atoms with Gasteiger partial charge in [-0.05, 0) is 60.3 Å². The number of amides is 1. The molecule has 0 heterocycles. The fourth-order valence-corrected chi connectivity index (χ4v) is 3.93. The predicted octanol–water partition coefficient (Wildman–Crippen LogP) is 2.58. The molecule has 0 unspecified atom stereocenters.